The van der Waals surface area contributed by atoms with Gasteiger partial charge >= 0.3 is 0 Å². The van der Waals surface area contributed by atoms with Crippen LogP contribution in [0.3, 0.4) is 0 Å². The molecule has 8 N–H and O–H groups in total. The minimum absolute atomic E-state index is 0. The summed E-state index contributed by atoms with van der Waals surface area (Å²) in [5.74, 6) is 2.88. The molecule has 0 saturated heterocycles. The highest BCUT2D eigenvalue weighted by atomic mass is 35.5. The summed E-state index contributed by atoms with van der Waals surface area (Å²) < 4.78 is 0. The highest BCUT2D eigenvalue weighted by molar-refractivity contribution is 6.37. The summed E-state index contributed by atoms with van der Waals surface area (Å²) in [5, 5.41) is 76.9. The van der Waals surface area contributed by atoms with Crippen LogP contribution in [-0.2, 0) is 52.1 Å². The molecule has 10 heteroatoms. The highest BCUT2D eigenvalue weighted by Gasteiger charge is 2.23. The number of rotatable bonds is 8. The van der Waals surface area contributed by atoms with Crippen LogP contribution in [0.1, 0.15) is 157 Å². The summed E-state index contributed by atoms with van der Waals surface area (Å²) in [6.45, 7) is 10.2. The Bertz CT molecular complexity index is 3480. The SMILES string of the molecule is C.C[C@H]1CCc2cc(-c3cc(CO)c(O)c(CO)c3)ccc21.C[C@H]1CCc2cc(-c3cc(Cl)c(O)c(Cl)c3)ccc21.C[C@H]1CCc2cc(-c3ccc(O)c(CO)c3)ccc21.Cc1cc(-c2ccc3c(c2)CC[C@@H]3C)cc(CO)c1O. The fourth-order valence-corrected chi connectivity index (χ4v) is 12.5. The molecule has 8 aromatic rings. The smallest absolute Gasteiger partial charge is 0.152 e. The summed E-state index contributed by atoms with van der Waals surface area (Å²) >= 11 is 12.0. The van der Waals surface area contributed by atoms with Crippen molar-refractivity contribution in [1.82, 2.24) is 0 Å². The molecule has 4 aliphatic carbocycles. The summed E-state index contributed by atoms with van der Waals surface area (Å²) in [4.78, 5) is 0. The number of hydrogen-bond donors (Lipinski definition) is 8. The maximum absolute atomic E-state index is 9.93. The predicted molar refractivity (Wildman–Crippen MR) is 326 cm³/mol. The van der Waals surface area contributed by atoms with Gasteiger partial charge in [0.05, 0.1) is 36.5 Å². The summed E-state index contributed by atoms with van der Waals surface area (Å²) in [7, 11) is 0. The van der Waals surface area contributed by atoms with Gasteiger partial charge in [-0.2, -0.15) is 0 Å². The van der Waals surface area contributed by atoms with Gasteiger partial charge in [-0.25, -0.2) is 0 Å². The number of benzene rings is 8. The lowest BCUT2D eigenvalue weighted by molar-refractivity contribution is 0.264. The molecule has 418 valence electrons. The molecule has 0 aliphatic heterocycles. The lowest BCUT2D eigenvalue weighted by Crippen LogP contribution is -1.94. The molecule has 0 heterocycles. The first-order chi connectivity index (χ1) is 38.0. The Morgan fingerprint density at radius 1 is 0.350 bits per heavy atom. The number of phenolic OH excluding ortho intramolecular Hbond substituents is 1. The fraction of sp³-hybridized carbons (Fsp3) is 0.314. The molecule has 0 aromatic heterocycles. The molecule has 0 bridgehead atoms. The van der Waals surface area contributed by atoms with Gasteiger partial charge in [0.2, 0.25) is 0 Å². The Balaban J connectivity index is 0.000000140. The molecule has 4 aliphatic rings. The second-order valence-electron chi connectivity index (χ2n) is 22.1. The van der Waals surface area contributed by atoms with Gasteiger partial charge in [0, 0.05) is 22.3 Å². The van der Waals surface area contributed by atoms with E-state index >= 15 is 0 Å². The van der Waals surface area contributed by atoms with Gasteiger partial charge in [-0.1, -0.05) is 137 Å². The number of halogens is 2. The van der Waals surface area contributed by atoms with Crippen LogP contribution in [0.25, 0.3) is 44.5 Å². The van der Waals surface area contributed by atoms with Crippen LogP contribution in [0.15, 0.2) is 127 Å². The third-order valence-corrected chi connectivity index (χ3v) is 17.4. The molecular weight excluding hydrogens is 1040 g/mol. The van der Waals surface area contributed by atoms with Crippen LogP contribution in [0.2, 0.25) is 10.0 Å². The predicted octanol–water partition coefficient (Wildman–Crippen LogP) is 16.7. The molecule has 0 radical (unpaired) electrons. The number of phenols is 4. The first kappa shape index (κ1) is 59.5. The molecule has 0 unspecified atom stereocenters. The van der Waals surface area contributed by atoms with Crippen LogP contribution in [0, 0.1) is 6.92 Å². The van der Waals surface area contributed by atoms with E-state index in [0.29, 0.717) is 45.9 Å². The molecular formula is C70H76Cl2O8. The number of aliphatic hydroxyl groups is 4. The van der Waals surface area contributed by atoms with Crippen LogP contribution >= 0.6 is 23.2 Å². The van der Waals surface area contributed by atoms with Gasteiger partial charge in [0.15, 0.2) is 5.75 Å². The first-order valence-corrected chi connectivity index (χ1v) is 28.4. The van der Waals surface area contributed by atoms with Crippen molar-refractivity contribution in [3.8, 4) is 67.5 Å². The van der Waals surface area contributed by atoms with E-state index in [1.165, 1.54) is 70.2 Å². The molecule has 4 atom stereocenters. The molecule has 80 heavy (non-hydrogen) atoms. The van der Waals surface area contributed by atoms with Gasteiger partial charge < -0.3 is 40.9 Å². The maximum atomic E-state index is 9.93. The summed E-state index contributed by atoms with van der Waals surface area (Å²) in [6.07, 6.45) is 9.40. The monoisotopic (exact) mass is 1110 g/mol. The lowest BCUT2D eigenvalue weighted by Gasteiger charge is -2.12. The second kappa shape index (κ2) is 25.9. The van der Waals surface area contributed by atoms with E-state index in [4.69, 9.17) is 23.2 Å². The van der Waals surface area contributed by atoms with E-state index in [-0.39, 0.29) is 66.9 Å². The fourth-order valence-electron chi connectivity index (χ4n) is 12.0. The van der Waals surface area contributed by atoms with Crippen molar-refractivity contribution in [3.05, 3.63) is 210 Å². The zero-order chi connectivity index (χ0) is 56.2. The average molecular weight is 1120 g/mol. The van der Waals surface area contributed by atoms with Crippen LogP contribution in [0.4, 0.5) is 0 Å². The molecule has 8 aromatic carbocycles. The minimum Gasteiger partial charge on any atom is -0.508 e. The van der Waals surface area contributed by atoms with Crippen molar-refractivity contribution in [2.24, 2.45) is 0 Å². The molecule has 0 fully saturated rings. The lowest BCUT2D eigenvalue weighted by atomic mass is 9.95. The third-order valence-electron chi connectivity index (χ3n) is 16.8. The molecule has 0 saturated carbocycles. The van der Waals surface area contributed by atoms with E-state index in [1.54, 1.807) is 30.3 Å². The molecule has 0 spiro atoms. The van der Waals surface area contributed by atoms with Gasteiger partial charge in [0.1, 0.15) is 17.2 Å². The third kappa shape index (κ3) is 12.8. The number of aliphatic hydroxyl groups excluding tert-OH is 4. The van der Waals surface area contributed by atoms with Crippen LogP contribution < -0.4 is 0 Å². The Kier molecular flexibility index (Phi) is 19.2. The largest absolute Gasteiger partial charge is 0.508 e. The van der Waals surface area contributed by atoms with Crippen molar-refractivity contribution in [3.63, 3.8) is 0 Å². The Hall–Kier alpha value is -6.62. The zero-order valence-electron chi connectivity index (χ0n) is 45.8. The Labute approximate surface area is 482 Å². The van der Waals surface area contributed by atoms with Gasteiger partial charge in [-0.05, 0) is 225 Å². The number of aryl methyl sites for hydroxylation is 5. The van der Waals surface area contributed by atoms with Crippen LogP contribution in [-0.4, -0.2) is 40.9 Å². The molecule has 8 nitrogen and oxygen atoms in total. The van der Waals surface area contributed by atoms with Crippen molar-refractivity contribution in [2.45, 2.75) is 144 Å². The molecule has 0 amide bonds. The van der Waals surface area contributed by atoms with Crippen molar-refractivity contribution in [2.75, 3.05) is 0 Å². The van der Waals surface area contributed by atoms with E-state index in [2.05, 4.69) is 100 Å². The molecule has 12 rings (SSSR count). The summed E-state index contributed by atoms with van der Waals surface area (Å²) in [6, 6.07) is 42.5. The number of aromatic hydroxyl groups is 4. The van der Waals surface area contributed by atoms with E-state index in [1.807, 2.05) is 31.2 Å². The van der Waals surface area contributed by atoms with E-state index < -0.39 is 0 Å². The van der Waals surface area contributed by atoms with Crippen molar-refractivity contribution < 1.29 is 40.9 Å². The second-order valence-corrected chi connectivity index (χ2v) is 22.9. The highest BCUT2D eigenvalue weighted by Crippen LogP contribution is 2.42. The van der Waals surface area contributed by atoms with Crippen molar-refractivity contribution in [1.29, 1.82) is 0 Å². The summed E-state index contributed by atoms with van der Waals surface area (Å²) in [5.41, 5.74) is 22.8. The Morgan fingerprint density at radius 2 is 0.637 bits per heavy atom. The zero-order valence-corrected chi connectivity index (χ0v) is 47.3. The van der Waals surface area contributed by atoms with E-state index in [0.717, 1.165) is 75.8 Å². The topological polar surface area (TPSA) is 162 Å². The normalized spacial score (nSPS) is 17.1. The standard InChI is InChI=1S/C18H20O3.C18H20O2.C17H18O2.C16H14Cl2O.CH4/c1-11-2-3-13-6-12(4-5-17(11)13)14-7-15(9-19)18(21)16(8-14)10-20;1-11-3-4-14-8-13(5-6-17(11)14)15-7-12(2)18(20)16(9-15)10-19;1-11-2-3-14-8-12(4-6-16(11)14)13-5-7-17(19)15(9-13)10-18;1-9-2-3-11-6-10(4-5-13(9)11)12-7-14(17)16(19)15(18)8-12;/h4-8,11,19-21H,2-3,9-10H2,1H3;5-9,11,19-20H,3-4,10H2,1-2H3;4-9,11,18-19H,2-3,10H2,1H3;4-9,19H,2-3H2,1H3;1H4/t3*11-;9-;/m0000./s1. The number of fused-ring (bicyclic) bond motifs is 4. The van der Waals surface area contributed by atoms with Crippen LogP contribution in [0.5, 0.6) is 23.0 Å². The number of hydrogen-bond acceptors (Lipinski definition) is 8. The Morgan fingerprint density at radius 3 is 1.00 bits per heavy atom. The van der Waals surface area contributed by atoms with E-state index in [9.17, 15) is 40.9 Å². The average Bonchev–Trinajstić information content (AvgIpc) is 4.25. The quantitative estimate of drug-likeness (QED) is 0.0746. The minimum atomic E-state index is -0.241. The van der Waals surface area contributed by atoms with Gasteiger partial charge in [-0.3, -0.25) is 0 Å². The van der Waals surface area contributed by atoms with Crippen molar-refractivity contribution >= 4 is 23.2 Å². The van der Waals surface area contributed by atoms with Gasteiger partial charge in [0.25, 0.3) is 0 Å². The first-order valence-electron chi connectivity index (χ1n) is 27.6. The van der Waals surface area contributed by atoms with Gasteiger partial charge in [-0.15, -0.1) is 0 Å². The maximum Gasteiger partial charge on any atom is 0.152 e.